The first-order chi connectivity index (χ1) is 14.4. The summed E-state index contributed by atoms with van der Waals surface area (Å²) in [5.41, 5.74) is 5.35. The summed E-state index contributed by atoms with van der Waals surface area (Å²) >= 11 is 0. The number of rotatable bonds is 4. The van der Waals surface area contributed by atoms with Crippen LogP contribution in [0, 0.1) is 39.4 Å². The van der Waals surface area contributed by atoms with Crippen molar-refractivity contribution >= 4 is 5.78 Å². The number of fused-ring (bicyclic) bond motifs is 5. The van der Waals surface area contributed by atoms with E-state index in [9.17, 15) is 4.79 Å². The highest BCUT2D eigenvalue weighted by atomic mass is 16.1. The molecule has 0 aromatic heterocycles. The molecule has 0 aliphatic heterocycles. The lowest BCUT2D eigenvalue weighted by Crippen LogP contribution is -2.53. The zero-order chi connectivity index (χ0) is 22.8. The van der Waals surface area contributed by atoms with Crippen LogP contribution in [0.1, 0.15) is 107 Å². The van der Waals surface area contributed by atoms with Gasteiger partial charge in [-0.05, 0) is 104 Å². The van der Waals surface area contributed by atoms with E-state index in [2.05, 4.69) is 73.6 Å². The molecule has 4 rings (SSSR count). The van der Waals surface area contributed by atoms with E-state index >= 15 is 0 Å². The summed E-state index contributed by atoms with van der Waals surface area (Å²) in [6.45, 7) is 19.1. The van der Waals surface area contributed by atoms with Crippen LogP contribution in [0.3, 0.4) is 0 Å². The number of carbonyl (C=O) groups is 1. The van der Waals surface area contributed by atoms with Crippen molar-refractivity contribution in [3.8, 4) is 0 Å². The summed E-state index contributed by atoms with van der Waals surface area (Å²) < 4.78 is 0. The van der Waals surface area contributed by atoms with Crippen molar-refractivity contribution in [2.24, 2.45) is 39.4 Å². The van der Waals surface area contributed by atoms with Crippen molar-refractivity contribution in [3.63, 3.8) is 0 Å². The molecule has 0 heterocycles. The number of hydrogen-bond donors (Lipinski definition) is 0. The maximum atomic E-state index is 12.8. The van der Waals surface area contributed by atoms with Crippen molar-refractivity contribution in [1.82, 2.24) is 0 Å². The van der Waals surface area contributed by atoms with E-state index in [1.54, 1.807) is 11.1 Å². The SMILES string of the molecule is CC(C)=CCC[C@@H](C)[C@H]1CC[C@@]2(C)C3=CC[C@H]4C(C)(C)C(=O)CC[C@]4(C)C3=CC[C@]12C. The molecule has 1 heteroatoms. The molecule has 0 amide bonds. The molecular weight excluding hydrogens is 376 g/mol. The second-order valence-electron chi connectivity index (χ2n) is 13.0. The summed E-state index contributed by atoms with van der Waals surface area (Å²) in [5, 5.41) is 0. The van der Waals surface area contributed by atoms with Gasteiger partial charge in [0.15, 0.2) is 0 Å². The third kappa shape index (κ3) is 3.19. The Bertz CT molecular complexity index is 850. The van der Waals surface area contributed by atoms with Crippen LogP contribution in [0.4, 0.5) is 0 Å². The number of allylic oxidation sites excluding steroid dienone is 6. The number of ketones is 1. The predicted molar refractivity (Wildman–Crippen MR) is 132 cm³/mol. The van der Waals surface area contributed by atoms with Gasteiger partial charge in [-0.3, -0.25) is 4.79 Å². The molecule has 0 spiro atoms. The van der Waals surface area contributed by atoms with Gasteiger partial charge in [-0.1, -0.05) is 65.3 Å². The van der Waals surface area contributed by atoms with Crippen LogP contribution in [-0.4, -0.2) is 5.78 Å². The highest BCUT2D eigenvalue weighted by Crippen LogP contribution is 2.71. The van der Waals surface area contributed by atoms with Gasteiger partial charge in [0, 0.05) is 11.8 Å². The Kier molecular flexibility index (Phi) is 5.55. The minimum Gasteiger partial charge on any atom is -0.299 e. The first-order valence-electron chi connectivity index (χ1n) is 13.0. The molecule has 0 N–H and O–H groups in total. The summed E-state index contributed by atoms with van der Waals surface area (Å²) in [4.78, 5) is 12.8. The Labute approximate surface area is 191 Å². The van der Waals surface area contributed by atoms with Crippen molar-refractivity contribution < 1.29 is 4.79 Å². The van der Waals surface area contributed by atoms with Gasteiger partial charge in [0.05, 0.1) is 0 Å². The van der Waals surface area contributed by atoms with Gasteiger partial charge in [0.25, 0.3) is 0 Å². The molecule has 2 fully saturated rings. The standard InChI is InChI=1S/C30H46O/c1-20(2)10-9-11-21(3)22-14-18-30(8)24-12-13-25-27(4,5)26(31)16-17-28(25,6)23(24)15-19-29(22,30)7/h10,12,15,21-22,25H,9,11,13-14,16-19H2,1-8H3/t21-,22-,25+,28-,29-,30+/m1/s1. The molecule has 0 aromatic rings. The molecule has 4 aliphatic rings. The van der Waals surface area contributed by atoms with Crippen LogP contribution in [0.15, 0.2) is 34.9 Å². The highest BCUT2D eigenvalue weighted by molar-refractivity contribution is 5.86. The lowest BCUT2D eigenvalue weighted by molar-refractivity contribution is -0.138. The maximum absolute atomic E-state index is 12.8. The van der Waals surface area contributed by atoms with Crippen molar-refractivity contribution in [2.75, 3.05) is 0 Å². The van der Waals surface area contributed by atoms with Gasteiger partial charge >= 0.3 is 0 Å². The molecule has 4 aliphatic carbocycles. The molecule has 2 saturated carbocycles. The van der Waals surface area contributed by atoms with Crippen LogP contribution in [0.2, 0.25) is 0 Å². The third-order valence-electron chi connectivity index (χ3n) is 10.9. The Balaban J connectivity index is 1.67. The normalized spacial score (nSPS) is 42.0. The minimum absolute atomic E-state index is 0.166. The molecule has 1 nitrogen and oxygen atoms in total. The largest absolute Gasteiger partial charge is 0.299 e. The fraction of sp³-hybridized carbons (Fsp3) is 0.767. The van der Waals surface area contributed by atoms with Gasteiger partial charge in [-0.25, -0.2) is 0 Å². The quantitative estimate of drug-likeness (QED) is 0.415. The van der Waals surface area contributed by atoms with Gasteiger partial charge in [-0.2, -0.15) is 0 Å². The minimum atomic E-state index is -0.199. The first-order valence-corrected chi connectivity index (χ1v) is 13.0. The second kappa shape index (κ2) is 7.46. The molecular formula is C30H46O. The van der Waals surface area contributed by atoms with Crippen LogP contribution in [-0.2, 0) is 4.79 Å². The molecule has 0 saturated heterocycles. The summed E-state index contributed by atoms with van der Waals surface area (Å²) in [5.74, 6) is 2.50. The molecule has 0 aromatic carbocycles. The molecule has 31 heavy (non-hydrogen) atoms. The fourth-order valence-corrected chi connectivity index (χ4v) is 8.60. The smallest absolute Gasteiger partial charge is 0.138 e. The Hall–Kier alpha value is -1.11. The summed E-state index contributed by atoms with van der Waals surface area (Å²) in [6.07, 6.45) is 17.0. The van der Waals surface area contributed by atoms with Crippen molar-refractivity contribution in [3.05, 3.63) is 34.9 Å². The third-order valence-corrected chi connectivity index (χ3v) is 10.9. The van der Waals surface area contributed by atoms with E-state index in [0.29, 0.717) is 17.1 Å². The van der Waals surface area contributed by atoms with Crippen LogP contribution in [0.5, 0.6) is 0 Å². The first kappa shape index (κ1) is 23.1. The maximum Gasteiger partial charge on any atom is 0.138 e. The van der Waals surface area contributed by atoms with Crippen molar-refractivity contribution in [2.45, 2.75) is 107 Å². The Morgan fingerprint density at radius 1 is 1.10 bits per heavy atom. The van der Waals surface area contributed by atoms with Crippen molar-refractivity contribution in [1.29, 1.82) is 0 Å². The van der Waals surface area contributed by atoms with Crippen LogP contribution < -0.4 is 0 Å². The van der Waals surface area contributed by atoms with Gasteiger partial charge < -0.3 is 0 Å². The molecule has 6 atom stereocenters. The average Bonchev–Trinajstić information content (AvgIpc) is 2.96. The number of Topliss-reactive ketones (excluding diaryl/α,β-unsaturated/α-hetero) is 1. The predicted octanol–water partition coefficient (Wildman–Crippen LogP) is 8.46. The van der Waals surface area contributed by atoms with Gasteiger partial charge in [0.1, 0.15) is 5.78 Å². The Morgan fingerprint density at radius 3 is 2.48 bits per heavy atom. The molecule has 172 valence electrons. The highest BCUT2D eigenvalue weighted by Gasteiger charge is 2.62. The van der Waals surface area contributed by atoms with Gasteiger partial charge in [0.2, 0.25) is 0 Å². The lowest BCUT2D eigenvalue weighted by atomic mass is 9.44. The van der Waals surface area contributed by atoms with E-state index in [1.165, 1.54) is 37.7 Å². The van der Waals surface area contributed by atoms with E-state index in [0.717, 1.165) is 31.1 Å². The van der Waals surface area contributed by atoms with E-state index in [4.69, 9.17) is 0 Å². The monoisotopic (exact) mass is 422 g/mol. The van der Waals surface area contributed by atoms with Gasteiger partial charge in [-0.15, -0.1) is 0 Å². The second-order valence-corrected chi connectivity index (χ2v) is 13.0. The van der Waals surface area contributed by atoms with Crippen LogP contribution >= 0.6 is 0 Å². The zero-order valence-electron chi connectivity index (χ0n) is 21.5. The lowest BCUT2D eigenvalue weighted by Gasteiger charge is -2.59. The number of hydrogen-bond acceptors (Lipinski definition) is 1. The number of carbonyl (C=O) groups excluding carboxylic acids is 1. The average molecular weight is 423 g/mol. The Morgan fingerprint density at radius 2 is 1.81 bits per heavy atom. The topological polar surface area (TPSA) is 17.1 Å². The molecule has 0 radical (unpaired) electrons. The summed E-state index contributed by atoms with van der Waals surface area (Å²) in [6, 6.07) is 0. The molecule has 0 unspecified atom stereocenters. The molecule has 0 bridgehead atoms. The van der Waals surface area contributed by atoms with E-state index < -0.39 is 0 Å². The zero-order valence-corrected chi connectivity index (χ0v) is 21.5. The fourth-order valence-electron chi connectivity index (χ4n) is 8.60. The summed E-state index contributed by atoms with van der Waals surface area (Å²) in [7, 11) is 0. The van der Waals surface area contributed by atoms with Crippen LogP contribution in [0.25, 0.3) is 0 Å². The van der Waals surface area contributed by atoms with E-state index in [-0.39, 0.29) is 16.2 Å². The van der Waals surface area contributed by atoms with E-state index in [1.807, 2.05) is 0 Å².